The van der Waals surface area contributed by atoms with Crippen molar-refractivity contribution in [3.05, 3.63) is 35.1 Å². The predicted molar refractivity (Wildman–Crippen MR) is 78.0 cm³/mol. The molecule has 1 aliphatic rings. The van der Waals surface area contributed by atoms with Gasteiger partial charge in [0, 0.05) is 19.1 Å². The second kappa shape index (κ2) is 6.35. The fourth-order valence-corrected chi connectivity index (χ4v) is 2.96. The molecule has 2 unspecified atom stereocenters. The van der Waals surface area contributed by atoms with Crippen LogP contribution in [0.4, 0.5) is 4.39 Å². The normalized spacial score (nSPS) is 22.9. The van der Waals surface area contributed by atoms with Gasteiger partial charge in [-0.25, -0.2) is 4.39 Å². The Morgan fingerprint density at radius 3 is 2.90 bits per heavy atom. The van der Waals surface area contributed by atoms with Crippen molar-refractivity contribution in [3.8, 4) is 0 Å². The molecule has 0 aliphatic carbocycles. The second-order valence-electron chi connectivity index (χ2n) is 5.62. The Balaban J connectivity index is 2.22. The number of likely N-dealkylation sites (tertiary alicyclic amines) is 1. The summed E-state index contributed by atoms with van der Waals surface area (Å²) in [6, 6.07) is 4.99. The third kappa shape index (κ3) is 2.85. The van der Waals surface area contributed by atoms with E-state index in [1.54, 1.807) is 30.0 Å². The van der Waals surface area contributed by atoms with Crippen LogP contribution in [0.15, 0.2) is 18.2 Å². The summed E-state index contributed by atoms with van der Waals surface area (Å²) < 4.78 is 14.1. The van der Waals surface area contributed by atoms with Gasteiger partial charge < -0.3 is 10.6 Å². The zero-order valence-electron chi connectivity index (χ0n) is 12.2. The van der Waals surface area contributed by atoms with Crippen LogP contribution in [-0.4, -0.2) is 29.9 Å². The minimum absolute atomic E-state index is 0.0288. The summed E-state index contributed by atoms with van der Waals surface area (Å²) in [7, 11) is 0. The van der Waals surface area contributed by atoms with Crippen molar-refractivity contribution < 1.29 is 9.18 Å². The lowest BCUT2D eigenvalue weighted by molar-refractivity contribution is 0.0553. The number of hydrogen-bond acceptors (Lipinski definition) is 2. The first-order chi connectivity index (χ1) is 9.58. The number of halogens is 1. The van der Waals surface area contributed by atoms with Crippen LogP contribution < -0.4 is 5.73 Å². The maximum absolute atomic E-state index is 14.1. The molecule has 0 bridgehead atoms. The zero-order valence-corrected chi connectivity index (χ0v) is 12.2. The van der Waals surface area contributed by atoms with Gasteiger partial charge in [0.2, 0.25) is 0 Å². The minimum Gasteiger partial charge on any atom is -0.334 e. The first-order valence-corrected chi connectivity index (χ1v) is 7.34. The monoisotopic (exact) mass is 278 g/mol. The molecule has 3 nitrogen and oxygen atoms in total. The van der Waals surface area contributed by atoms with Gasteiger partial charge in [0.25, 0.3) is 5.91 Å². The Morgan fingerprint density at radius 2 is 2.25 bits per heavy atom. The van der Waals surface area contributed by atoms with Gasteiger partial charge in [0.1, 0.15) is 5.82 Å². The number of benzene rings is 1. The highest BCUT2D eigenvalue weighted by molar-refractivity contribution is 5.95. The Morgan fingerprint density at radius 1 is 1.50 bits per heavy atom. The molecule has 1 heterocycles. The molecule has 0 radical (unpaired) electrons. The van der Waals surface area contributed by atoms with E-state index in [4.69, 9.17) is 5.73 Å². The smallest absolute Gasteiger partial charge is 0.257 e. The molecule has 2 atom stereocenters. The number of carbonyl (C=O) groups is 1. The van der Waals surface area contributed by atoms with E-state index >= 15 is 0 Å². The molecular formula is C16H23FN2O. The SMILES string of the molecule is CCC1CCN(C(=O)c2cccc(C)c2F)C(CN)C1. The van der Waals surface area contributed by atoms with Gasteiger partial charge >= 0.3 is 0 Å². The first-order valence-electron chi connectivity index (χ1n) is 7.34. The summed E-state index contributed by atoms with van der Waals surface area (Å²) in [6.07, 6.45) is 3.01. The predicted octanol–water partition coefficient (Wildman–Crippen LogP) is 2.72. The lowest BCUT2D eigenvalue weighted by Gasteiger charge is -2.39. The van der Waals surface area contributed by atoms with Crippen molar-refractivity contribution in [3.63, 3.8) is 0 Å². The number of aryl methyl sites for hydroxylation is 1. The molecule has 1 saturated heterocycles. The van der Waals surface area contributed by atoms with Crippen molar-refractivity contribution in [2.75, 3.05) is 13.1 Å². The molecule has 2 rings (SSSR count). The average molecular weight is 278 g/mol. The Hall–Kier alpha value is -1.42. The van der Waals surface area contributed by atoms with Crippen molar-refractivity contribution in [2.45, 2.75) is 39.2 Å². The maximum Gasteiger partial charge on any atom is 0.257 e. The lowest BCUT2D eigenvalue weighted by atomic mass is 9.88. The highest BCUT2D eigenvalue weighted by Crippen LogP contribution is 2.27. The quantitative estimate of drug-likeness (QED) is 0.924. The van der Waals surface area contributed by atoms with Gasteiger partial charge in [-0.15, -0.1) is 0 Å². The van der Waals surface area contributed by atoms with Crippen LogP contribution >= 0.6 is 0 Å². The third-order valence-corrected chi connectivity index (χ3v) is 4.36. The molecule has 0 aromatic heterocycles. The van der Waals surface area contributed by atoms with Gasteiger partial charge in [0.15, 0.2) is 0 Å². The average Bonchev–Trinajstić information content (AvgIpc) is 2.48. The van der Waals surface area contributed by atoms with Gasteiger partial charge in [-0.05, 0) is 37.3 Å². The molecule has 2 N–H and O–H groups in total. The summed E-state index contributed by atoms with van der Waals surface area (Å²) in [6.45, 7) is 4.95. The van der Waals surface area contributed by atoms with Crippen molar-refractivity contribution in [1.82, 2.24) is 4.90 Å². The molecule has 1 amide bonds. The van der Waals surface area contributed by atoms with Crippen LogP contribution in [-0.2, 0) is 0 Å². The number of rotatable bonds is 3. The summed E-state index contributed by atoms with van der Waals surface area (Å²) in [4.78, 5) is 14.3. The number of piperidine rings is 1. The van der Waals surface area contributed by atoms with Crippen LogP contribution in [0.3, 0.4) is 0 Å². The Labute approximate surface area is 120 Å². The molecular weight excluding hydrogens is 255 g/mol. The molecule has 0 saturated carbocycles. The van der Waals surface area contributed by atoms with E-state index in [-0.39, 0.29) is 17.5 Å². The molecule has 1 aromatic rings. The molecule has 1 fully saturated rings. The summed E-state index contributed by atoms with van der Waals surface area (Å²) in [5.74, 6) is -0.0166. The molecule has 0 spiro atoms. The Kier molecular flexibility index (Phi) is 4.76. The number of hydrogen-bond donors (Lipinski definition) is 1. The minimum atomic E-state index is -0.411. The van der Waals surface area contributed by atoms with Crippen LogP contribution in [0.25, 0.3) is 0 Å². The standard InChI is InChI=1S/C16H23FN2O/c1-3-12-7-8-19(13(9-12)10-18)16(20)14-6-4-5-11(2)15(14)17/h4-6,12-13H,3,7-10,18H2,1-2H3. The molecule has 20 heavy (non-hydrogen) atoms. The van der Waals surface area contributed by atoms with Gasteiger partial charge in [0.05, 0.1) is 5.56 Å². The van der Waals surface area contributed by atoms with E-state index in [9.17, 15) is 9.18 Å². The largest absolute Gasteiger partial charge is 0.334 e. The number of amides is 1. The third-order valence-electron chi connectivity index (χ3n) is 4.36. The highest BCUT2D eigenvalue weighted by Gasteiger charge is 2.31. The van der Waals surface area contributed by atoms with Gasteiger partial charge in [-0.2, -0.15) is 0 Å². The highest BCUT2D eigenvalue weighted by atomic mass is 19.1. The van der Waals surface area contributed by atoms with E-state index < -0.39 is 5.82 Å². The molecule has 110 valence electrons. The fraction of sp³-hybridized carbons (Fsp3) is 0.562. The van der Waals surface area contributed by atoms with Gasteiger partial charge in [-0.1, -0.05) is 25.5 Å². The van der Waals surface area contributed by atoms with E-state index in [0.717, 1.165) is 19.3 Å². The van der Waals surface area contributed by atoms with Crippen LogP contribution in [0.5, 0.6) is 0 Å². The van der Waals surface area contributed by atoms with E-state index in [2.05, 4.69) is 6.92 Å². The van der Waals surface area contributed by atoms with E-state index in [1.807, 2.05) is 0 Å². The van der Waals surface area contributed by atoms with E-state index in [0.29, 0.717) is 24.6 Å². The summed E-state index contributed by atoms with van der Waals surface area (Å²) >= 11 is 0. The Bertz CT molecular complexity index is 489. The first kappa shape index (κ1) is 15.0. The number of carbonyl (C=O) groups excluding carboxylic acids is 1. The van der Waals surface area contributed by atoms with Crippen LogP contribution in [0.2, 0.25) is 0 Å². The van der Waals surface area contributed by atoms with Crippen molar-refractivity contribution in [2.24, 2.45) is 11.7 Å². The van der Waals surface area contributed by atoms with E-state index in [1.165, 1.54) is 0 Å². The second-order valence-corrected chi connectivity index (χ2v) is 5.62. The molecule has 1 aromatic carbocycles. The summed E-state index contributed by atoms with van der Waals surface area (Å²) in [5, 5.41) is 0. The van der Waals surface area contributed by atoms with Crippen molar-refractivity contribution >= 4 is 5.91 Å². The fourth-order valence-electron chi connectivity index (χ4n) is 2.96. The van der Waals surface area contributed by atoms with Gasteiger partial charge in [-0.3, -0.25) is 4.79 Å². The maximum atomic E-state index is 14.1. The zero-order chi connectivity index (χ0) is 14.7. The van der Waals surface area contributed by atoms with Crippen LogP contribution in [0, 0.1) is 18.7 Å². The summed E-state index contributed by atoms with van der Waals surface area (Å²) in [5.41, 5.74) is 6.48. The topological polar surface area (TPSA) is 46.3 Å². The van der Waals surface area contributed by atoms with Crippen molar-refractivity contribution in [1.29, 1.82) is 0 Å². The molecule has 4 heteroatoms. The number of nitrogens with two attached hydrogens (primary N) is 1. The lowest BCUT2D eigenvalue weighted by Crippen LogP contribution is -2.49. The molecule has 1 aliphatic heterocycles. The number of nitrogens with zero attached hydrogens (tertiary/aromatic N) is 1. The van der Waals surface area contributed by atoms with Crippen LogP contribution in [0.1, 0.15) is 42.1 Å².